The van der Waals surface area contributed by atoms with Crippen LogP contribution in [-0.4, -0.2) is 23.9 Å². The number of benzene rings is 1. The number of rotatable bonds is 5. The molecule has 0 amide bonds. The van der Waals surface area contributed by atoms with Crippen molar-refractivity contribution in [2.45, 2.75) is 39.2 Å². The quantitative estimate of drug-likeness (QED) is 0.883. The van der Waals surface area contributed by atoms with Crippen LogP contribution in [-0.2, 0) is 5.54 Å². The van der Waals surface area contributed by atoms with Gasteiger partial charge in [-0.05, 0) is 24.3 Å². The first-order valence-corrected chi connectivity index (χ1v) is 7.23. The van der Waals surface area contributed by atoms with Gasteiger partial charge in [-0.2, -0.15) is 0 Å². The van der Waals surface area contributed by atoms with Crippen molar-refractivity contribution >= 4 is 5.96 Å². The number of nitrogens with zero attached hydrogens (tertiary/aromatic N) is 2. The van der Waals surface area contributed by atoms with Crippen molar-refractivity contribution in [3.63, 3.8) is 0 Å². The van der Waals surface area contributed by atoms with Gasteiger partial charge in [-0.3, -0.25) is 4.99 Å². The van der Waals surface area contributed by atoms with Crippen LogP contribution < -0.4 is 5.73 Å². The number of hydrogen-bond donors (Lipinski definition) is 1. The van der Waals surface area contributed by atoms with E-state index in [9.17, 15) is 0 Å². The molecule has 1 unspecified atom stereocenters. The Morgan fingerprint density at radius 2 is 2.00 bits per heavy atom. The molecule has 0 aliphatic carbocycles. The topological polar surface area (TPSA) is 41.6 Å². The molecule has 0 bridgehead atoms. The summed E-state index contributed by atoms with van der Waals surface area (Å²) in [6.45, 7) is 8.47. The molecule has 0 aromatic heterocycles. The third-order valence-electron chi connectivity index (χ3n) is 3.80. The SMILES string of the molecule is CCCN1C(N)=NCC1(CC(C)C)c1ccccc1. The molecule has 1 aliphatic rings. The molecule has 0 fully saturated rings. The molecule has 3 nitrogen and oxygen atoms in total. The first-order chi connectivity index (χ1) is 9.10. The minimum Gasteiger partial charge on any atom is -0.370 e. The highest BCUT2D eigenvalue weighted by atomic mass is 15.4. The lowest BCUT2D eigenvalue weighted by molar-refractivity contribution is 0.165. The van der Waals surface area contributed by atoms with Crippen LogP contribution in [0, 0.1) is 5.92 Å². The fraction of sp³-hybridized carbons (Fsp3) is 0.562. The van der Waals surface area contributed by atoms with Gasteiger partial charge in [-0.25, -0.2) is 0 Å². The van der Waals surface area contributed by atoms with Gasteiger partial charge < -0.3 is 10.6 Å². The summed E-state index contributed by atoms with van der Waals surface area (Å²) in [5.74, 6) is 1.31. The fourth-order valence-corrected chi connectivity index (χ4v) is 3.12. The Kier molecular flexibility index (Phi) is 4.13. The molecule has 1 atom stereocenters. The van der Waals surface area contributed by atoms with Crippen LogP contribution in [0.4, 0.5) is 0 Å². The Balaban J connectivity index is 2.41. The number of hydrogen-bond acceptors (Lipinski definition) is 3. The molecule has 19 heavy (non-hydrogen) atoms. The van der Waals surface area contributed by atoms with Crippen molar-refractivity contribution < 1.29 is 0 Å². The van der Waals surface area contributed by atoms with Gasteiger partial charge in [-0.1, -0.05) is 51.1 Å². The summed E-state index contributed by atoms with van der Waals surface area (Å²) in [5, 5.41) is 0. The van der Waals surface area contributed by atoms with E-state index in [-0.39, 0.29) is 5.54 Å². The first kappa shape index (κ1) is 13.9. The fourth-order valence-electron chi connectivity index (χ4n) is 3.12. The van der Waals surface area contributed by atoms with E-state index in [1.165, 1.54) is 5.56 Å². The van der Waals surface area contributed by atoms with Crippen LogP contribution in [0.5, 0.6) is 0 Å². The van der Waals surface area contributed by atoms with Gasteiger partial charge in [-0.15, -0.1) is 0 Å². The monoisotopic (exact) mass is 259 g/mol. The standard InChI is InChI=1S/C16H25N3/c1-4-10-19-15(17)18-12-16(19,11-13(2)3)14-8-6-5-7-9-14/h5-9,13H,4,10-12H2,1-3H3,(H2,17,18). The van der Waals surface area contributed by atoms with Crippen molar-refractivity contribution in [1.29, 1.82) is 0 Å². The smallest absolute Gasteiger partial charge is 0.192 e. The molecule has 3 heteroatoms. The number of nitrogens with two attached hydrogens (primary N) is 1. The van der Waals surface area contributed by atoms with Gasteiger partial charge >= 0.3 is 0 Å². The zero-order valence-corrected chi connectivity index (χ0v) is 12.3. The van der Waals surface area contributed by atoms with Gasteiger partial charge in [0, 0.05) is 6.54 Å². The largest absolute Gasteiger partial charge is 0.370 e. The number of aliphatic imine (C=N–C) groups is 1. The third-order valence-corrected chi connectivity index (χ3v) is 3.80. The predicted molar refractivity (Wildman–Crippen MR) is 81.1 cm³/mol. The maximum atomic E-state index is 6.13. The molecule has 2 N–H and O–H groups in total. The lowest BCUT2D eigenvalue weighted by atomic mass is 9.81. The van der Waals surface area contributed by atoms with Crippen molar-refractivity contribution in [1.82, 2.24) is 4.90 Å². The van der Waals surface area contributed by atoms with E-state index in [4.69, 9.17) is 5.73 Å². The molecular formula is C16H25N3. The maximum absolute atomic E-state index is 6.13. The minimum atomic E-state index is -0.0461. The maximum Gasteiger partial charge on any atom is 0.192 e. The van der Waals surface area contributed by atoms with Crippen molar-refractivity contribution in [3.8, 4) is 0 Å². The molecule has 0 radical (unpaired) electrons. The van der Waals surface area contributed by atoms with E-state index in [0.29, 0.717) is 11.9 Å². The third kappa shape index (κ3) is 2.60. The van der Waals surface area contributed by atoms with Gasteiger partial charge in [0.05, 0.1) is 12.1 Å². The van der Waals surface area contributed by atoms with Crippen LogP contribution in [0.1, 0.15) is 39.2 Å². The summed E-state index contributed by atoms with van der Waals surface area (Å²) in [7, 11) is 0. The molecule has 104 valence electrons. The van der Waals surface area contributed by atoms with E-state index in [1.807, 2.05) is 0 Å². The zero-order valence-electron chi connectivity index (χ0n) is 12.3. The summed E-state index contributed by atoms with van der Waals surface area (Å²) < 4.78 is 0. The molecular weight excluding hydrogens is 234 g/mol. The van der Waals surface area contributed by atoms with E-state index in [2.05, 4.69) is 61.0 Å². The molecule has 1 aromatic carbocycles. The van der Waals surface area contributed by atoms with Gasteiger partial charge in [0.1, 0.15) is 0 Å². The highest BCUT2D eigenvalue weighted by molar-refractivity contribution is 5.81. The minimum absolute atomic E-state index is 0.0461. The lowest BCUT2D eigenvalue weighted by Gasteiger charge is -2.41. The second-order valence-electron chi connectivity index (χ2n) is 5.82. The van der Waals surface area contributed by atoms with Crippen LogP contribution in [0.15, 0.2) is 35.3 Å². The predicted octanol–water partition coefficient (Wildman–Crippen LogP) is 2.97. The summed E-state index contributed by atoms with van der Waals surface area (Å²) >= 11 is 0. The van der Waals surface area contributed by atoms with Crippen LogP contribution in [0.2, 0.25) is 0 Å². The Morgan fingerprint density at radius 3 is 2.58 bits per heavy atom. The van der Waals surface area contributed by atoms with Crippen molar-refractivity contribution in [3.05, 3.63) is 35.9 Å². The van der Waals surface area contributed by atoms with Crippen LogP contribution in [0.3, 0.4) is 0 Å². The normalized spacial score (nSPS) is 22.9. The van der Waals surface area contributed by atoms with E-state index < -0.39 is 0 Å². The van der Waals surface area contributed by atoms with E-state index >= 15 is 0 Å². The Labute approximate surface area is 116 Å². The summed E-state index contributed by atoms with van der Waals surface area (Å²) in [6.07, 6.45) is 2.17. The lowest BCUT2D eigenvalue weighted by Crippen LogP contribution is -2.50. The highest BCUT2D eigenvalue weighted by Gasteiger charge is 2.43. The molecule has 2 rings (SSSR count). The molecule has 0 saturated heterocycles. The van der Waals surface area contributed by atoms with Gasteiger partial charge in [0.15, 0.2) is 5.96 Å². The zero-order chi connectivity index (χ0) is 13.9. The summed E-state index contributed by atoms with van der Waals surface area (Å²) in [5.41, 5.74) is 7.42. The Hall–Kier alpha value is -1.51. The molecule has 1 heterocycles. The molecule has 1 aromatic rings. The molecule has 0 spiro atoms. The van der Waals surface area contributed by atoms with E-state index in [1.54, 1.807) is 0 Å². The molecule has 0 saturated carbocycles. The average molecular weight is 259 g/mol. The Bertz CT molecular complexity index is 439. The second-order valence-corrected chi connectivity index (χ2v) is 5.82. The number of guanidine groups is 1. The highest BCUT2D eigenvalue weighted by Crippen LogP contribution is 2.38. The summed E-state index contributed by atoms with van der Waals surface area (Å²) in [4.78, 5) is 6.85. The van der Waals surface area contributed by atoms with Crippen LogP contribution >= 0.6 is 0 Å². The molecule has 1 aliphatic heterocycles. The first-order valence-electron chi connectivity index (χ1n) is 7.23. The average Bonchev–Trinajstić information content (AvgIpc) is 2.70. The van der Waals surface area contributed by atoms with Gasteiger partial charge in [0.25, 0.3) is 0 Å². The van der Waals surface area contributed by atoms with Gasteiger partial charge in [0.2, 0.25) is 0 Å². The second kappa shape index (κ2) is 5.64. The Morgan fingerprint density at radius 1 is 1.32 bits per heavy atom. The van der Waals surface area contributed by atoms with Crippen molar-refractivity contribution in [2.75, 3.05) is 13.1 Å². The van der Waals surface area contributed by atoms with Crippen molar-refractivity contribution in [2.24, 2.45) is 16.6 Å². The van der Waals surface area contributed by atoms with E-state index in [0.717, 1.165) is 25.9 Å². The summed E-state index contributed by atoms with van der Waals surface area (Å²) in [6, 6.07) is 10.7. The van der Waals surface area contributed by atoms with Crippen LogP contribution in [0.25, 0.3) is 0 Å².